The lowest BCUT2D eigenvalue weighted by molar-refractivity contribution is -0.140. The van der Waals surface area contributed by atoms with Gasteiger partial charge >= 0.3 is 5.97 Å². The molecule has 2 aromatic carbocycles. The third kappa shape index (κ3) is 5.06. The second kappa shape index (κ2) is 9.96. The standard InChI is InChI=1S/C22H21N5O5/c28-20(16-7-3-1-4-8-16)23-18(21(29)24-26-11-13-31-14-12-26)15-19-22(30)32-25-27(19)17-9-5-2-6-10-17/h1-10,15,25H,11-14H2,(H,24,29)/b19-15+,23-18?. The van der Waals surface area contributed by atoms with Gasteiger partial charge in [-0.25, -0.2) is 19.8 Å². The van der Waals surface area contributed by atoms with Gasteiger partial charge in [-0.1, -0.05) is 42.0 Å². The van der Waals surface area contributed by atoms with Crippen LogP contribution in [0.1, 0.15) is 10.4 Å². The predicted molar refractivity (Wildman–Crippen MR) is 115 cm³/mol. The van der Waals surface area contributed by atoms with Crippen molar-refractivity contribution in [2.45, 2.75) is 0 Å². The highest BCUT2D eigenvalue weighted by Crippen LogP contribution is 2.21. The number of benzene rings is 2. The zero-order valence-corrected chi connectivity index (χ0v) is 17.1. The second-order valence-electron chi connectivity index (χ2n) is 6.89. The summed E-state index contributed by atoms with van der Waals surface area (Å²) in [5.41, 5.74) is 5.91. The first-order chi connectivity index (χ1) is 15.6. The minimum Gasteiger partial charge on any atom is -0.379 e. The highest BCUT2D eigenvalue weighted by atomic mass is 16.7. The van der Waals surface area contributed by atoms with Crippen LogP contribution in [0.15, 0.2) is 77.4 Å². The minimum absolute atomic E-state index is 0.00735. The third-order valence-electron chi connectivity index (χ3n) is 4.71. The summed E-state index contributed by atoms with van der Waals surface area (Å²) < 4.78 is 5.28. The normalized spacial score (nSPS) is 18.5. The Kier molecular flexibility index (Phi) is 6.66. The monoisotopic (exact) mass is 435 g/mol. The molecule has 164 valence electrons. The Labute approximate surface area is 184 Å². The molecule has 10 nitrogen and oxygen atoms in total. The molecule has 2 N–H and O–H groups in total. The average molecular weight is 435 g/mol. The predicted octanol–water partition coefficient (Wildman–Crippen LogP) is 0.998. The summed E-state index contributed by atoms with van der Waals surface area (Å²) in [6.07, 6.45) is 1.23. The molecule has 2 heterocycles. The summed E-state index contributed by atoms with van der Waals surface area (Å²) in [5, 5.41) is 3.04. The Morgan fingerprint density at radius 2 is 1.66 bits per heavy atom. The summed E-state index contributed by atoms with van der Waals surface area (Å²) in [4.78, 5) is 47.0. The van der Waals surface area contributed by atoms with Gasteiger partial charge < -0.3 is 9.57 Å². The SMILES string of the molecule is O=C(NN1CCOCC1)C(/C=C1\C(=O)ONN1c1ccccc1)=NC(=O)c1ccccc1. The zero-order valence-electron chi connectivity index (χ0n) is 17.1. The summed E-state index contributed by atoms with van der Waals surface area (Å²) in [5.74, 6) is -1.95. The van der Waals surface area contributed by atoms with Crippen LogP contribution in [-0.2, 0) is 19.2 Å². The number of anilines is 1. The van der Waals surface area contributed by atoms with E-state index in [1.807, 2.05) is 6.07 Å². The maximum atomic E-state index is 13.0. The number of hydrazine groups is 2. The molecule has 2 fully saturated rings. The molecule has 0 saturated carbocycles. The quantitative estimate of drug-likeness (QED) is 0.528. The number of para-hydroxylation sites is 1. The van der Waals surface area contributed by atoms with Gasteiger partial charge in [-0.3, -0.25) is 15.0 Å². The Bertz CT molecular complexity index is 1050. The molecule has 0 aromatic heterocycles. The molecule has 10 heteroatoms. The molecule has 2 saturated heterocycles. The number of carbonyl (C=O) groups excluding carboxylic acids is 3. The van der Waals surface area contributed by atoms with Crippen LogP contribution in [0.25, 0.3) is 0 Å². The molecule has 2 aliphatic rings. The zero-order chi connectivity index (χ0) is 22.3. The van der Waals surface area contributed by atoms with Gasteiger partial charge in [-0.15, -0.1) is 0 Å². The highest BCUT2D eigenvalue weighted by molar-refractivity contribution is 6.45. The van der Waals surface area contributed by atoms with E-state index in [0.29, 0.717) is 37.6 Å². The molecular weight excluding hydrogens is 414 g/mol. The number of aliphatic imine (C=N–C) groups is 1. The van der Waals surface area contributed by atoms with E-state index < -0.39 is 17.8 Å². The van der Waals surface area contributed by atoms with Crippen LogP contribution in [0.3, 0.4) is 0 Å². The summed E-state index contributed by atoms with van der Waals surface area (Å²) >= 11 is 0. The van der Waals surface area contributed by atoms with Crippen LogP contribution < -0.4 is 16.0 Å². The number of ether oxygens (including phenoxy) is 1. The highest BCUT2D eigenvalue weighted by Gasteiger charge is 2.31. The third-order valence-corrected chi connectivity index (χ3v) is 4.71. The first-order valence-corrected chi connectivity index (χ1v) is 9.97. The van der Waals surface area contributed by atoms with Crippen molar-refractivity contribution in [3.8, 4) is 0 Å². The molecule has 0 bridgehead atoms. The minimum atomic E-state index is -0.715. The van der Waals surface area contributed by atoms with E-state index in [9.17, 15) is 14.4 Å². The fraction of sp³-hybridized carbons (Fsp3) is 0.182. The van der Waals surface area contributed by atoms with E-state index in [-0.39, 0.29) is 11.4 Å². The molecule has 0 radical (unpaired) electrons. The van der Waals surface area contributed by atoms with Gasteiger partial charge in [-0.05, 0) is 24.3 Å². The summed E-state index contributed by atoms with van der Waals surface area (Å²) in [6.45, 7) is 1.91. The lowest BCUT2D eigenvalue weighted by Gasteiger charge is -2.26. The number of rotatable bonds is 5. The molecule has 2 aliphatic heterocycles. The van der Waals surface area contributed by atoms with Crippen molar-refractivity contribution in [1.82, 2.24) is 16.0 Å². The molecule has 0 unspecified atom stereocenters. The van der Waals surface area contributed by atoms with Gasteiger partial charge in [0, 0.05) is 24.7 Å². The van der Waals surface area contributed by atoms with Crippen molar-refractivity contribution in [3.63, 3.8) is 0 Å². The molecule has 2 aromatic rings. The van der Waals surface area contributed by atoms with Gasteiger partial charge in [0.1, 0.15) is 5.71 Å². The number of hydrogen-bond donors (Lipinski definition) is 2. The van der Waals surface area contributed by atoms with E-state index in [4.69, 9.17) is 9.57 Å². The van der Waals surface area contributed by atoms with E-state index in [0.717, 1.165) is 0 Å². The van der Waals surface area contributed by atoms with Gasteiger partial charge in [0.25, 0.3) is 11.8 Å². The van der Waals surface area contributed by atoms with Crippen molar-refractivity contribution >= 4 is 29.2 Å². The van der Waals surface area contributed by atoms with Gasteiger partial charge in [0.2, 0.25) is 0 Å². The largest absolute Gasteiger partial charge is 0.379 e. The van der Waals surface area contributed by atoms with Gasteiger partial charge in [-0.2, -0.15) is 0 Å². The number of carbonyl (C=O) groups is 3. The lowest BCUT2D eigenvalue weighted by atomic mass is 10.2. The average Bonchev–Trinajstić information content (AvgIpc) is 3.20. The van der Waals surface area contributed by atoms with Crippen LogP contribution in [0, 0.1) is 0 Å². The van der Waals surface area contributed by atoms with Crippen molar-refractivity contribution in [2.24, 2.45) is 4.99 Å². The number of hydrogen-bond acceptors (Lipinski definition) is 8. The number of nitrogens with one attached hydrogen (secondary N) is 2. The van der Waals surface area contributed by atoms with E-state index in [2.05, 4.69) is 16.0 Å². The van der Waals surface area contributed by atoms with Crippen LogP contribution in [0.2, 0.25) is 0 Å². The molecule has 0 aliphatic carbocycles. The topological polar surface area (TPSA) is 113 Å². The molecular formula is C22H21N5O5. The molecule has 2 amide bonds. The van der Waals surface area contributed by atoms with Crippen LogP contribution >= 0.6 is 0 Å². The molecule has 4 rings (SSSR count). The smallest absolute Gasteiger partial charge is 0.376 e. The molecule has 0 atom stereocenters. The number of nitrogens with zero attached hydrogens (tertiary/aromatic N) is 3. The Hall–Kier alpha value is -3.86. The summed E-state index contributed by atoms with van der Waals surface area (Å²) in [6, 6.07) is 17.3. The first-order valence-electron chi connectivity index (χ1n) is 9.97. The maximum Gasteiger partial charge on any atom is 0.376 e. The Balaban J connectivity index is 1.67. The van der Waals surface area contributed by atoms with E-state index in [1.165, 1.54) is 11.1 Å². The molecule has 32 heavy (non-hydrogen) atoms. The second-order valence-corrected chi connectivity index (χ2v) is 6.89. The van der Waals surface area contributed by atoms with E-state index >= 15 is 0 Å². The lowest BCUT2D eigenvalue weighted by Crippen LogP contribution is -2.50. The van der Waals surface area contributed by atoms with Crippen LogP contribution in [0.5, 0.6) is 0 Å². The fourth-order valence-corrected chi connectivity index (χ4v) is 3.08. The number of amides is 2. The van der Waals surface area contributed by atoms with Crippen LogP contribution in [-0.4, -0.2) is 54.8 Å². The summed E-state index contributed by atoms with van der Waals surface area (Å²) in [7, 11) is 0. The number of morpholine rings is 1. The van der Waals surface area contributed by atoms with Crippen molar-refractivity contribution in [3.05, 3.63) is 78.0 Å². The van der Waals surface area contributed by atoms with Crippen molar-refractivity contribution in [1.29, 1.82) is 0 Å². The Morgan fingerprint density at radius 3 is 2.34 bits per heavy atom. The molecule has 0 spiro atoms. The first kappa shape index (κ1) is 21.4. The van der Waals surface area contributed by atoms with Crippen LogP contribution in [0.4, 0.5) is 5.69 Å². The maximum absolute atomic E-state index is 13.0. The van der Waals surface area contributed by atoms with Crippen molar-refractivity contribution < 1.29 is 24.0 Å². The van der Waals surface area contributed by atoms with Crippen molar-refractivity contribution in [2.75, 3.05) is 31.3 Å². The van der Waals surface area contributed by atoms with Gasteiger partial charge in [0.05, 0.1) is 18.9 Å². The van der Waals surface area contributed by atoms with Gasteiger partial charge in [0.15, 0.2) is 5.70 Å². The van der Waals surface area contributed by atoms with E-state index in [1.54, 1.807) is 59.6 Å². The Morgan fingerprint density at radius 1 is 1.00 bits per heavy atom. The fourth-order valence-electron chi connectivity index (χ4n) is 3.08.